The maximum atomic E-state index is 13.0. The van der Waals surface area contributed by atoms with E-state index in [0.29, 0.717) is 5.75 Å². The molecule has 2 aromatic rings. The number of sulfonamides is 1. The van der Waals surface area contributed by atoms with E-state index in [2.05, 4.69) is 19.8 Å². The first kappa shape index (κ1) is 29.9. The van der Waals surface area contributed by atoms with Crippen molar-refractivity contribution in [3.8, 4) is 0 Å². The van der Waals surface area contributed by atoms with Gasteiger partial charge in [-0.25, -0.2) is 17.5 Å². The van der Waals surface area contributed by atoms with E-state index in [9.17, 15) is 37.1 Å². The van der Waals surface area contributed by atoms with Gasteiger partial charge in [0, 0.05) is 31.1 Å². The van der Waals surface area contributed by atoms with Crippen molar-refractivity contribution in [3.63, 3.8) is 0 Å². The van der Waals surface area contributed by atoms with Crippen LogP contribution in [0.15, 0.2) is 47.6 Å². The van der Waals surface area contributed by atoms with Crippen molar-refractivity contribution in [1.82, 2.24) is 15.0 Å². The van der Waals surface area contributed by atoms with Crippen molar-refractivity contribution < 1.29 is 41.8 Å². The Kier molecular flexibility index (Phi) is 11.6. The zero-order valence-electron chi connectivity index (χ0n) is 19.8. The van der Waals surface area contributed by atoms with E-state index in [1.54, 1.807) is 12.1 Å². The van der Waals surface area contributed by atoms with E-state index in [-0.39, 0.29) is 35.6 Å². The Labute approximate surface area is 217 Å². The van der Waals surface area contributed by atoms with Gasteiger partial charge in [-0.05, 0) is 30.2 Å². The summed E-state index contributed by atoms with van der Waals surface area (Å²) in [6.45, 7) is -0.0569. The van der Waals surface area contributed by atoms with Crippen LogP contribution in [0.2, 0.25) is 0 Å². The van der Waals surface area contributed by atoms with Gasteiger partial charge in [0.25, 0.3) is 5.91 Å². The zero-order chi connectivity index (χ0) is 27.4. The van der Waals surface area contributed by atoms with Gasteiger partial charge in [-0.2, -0.15) is 0 Å². The molecule has 1 aromatic heterocycles. The molecule has 0 aliphatic carbocycles. The molecule has 11 nitrogen and oxygen atoms in total. The smallest absolute Gasteiger partial charge is 0.305 e. The Morgan fingerprint density at radius 1 is 1.16 bits per heavy atom. The summed E-state index contributed by atoms with van der Waals surface area (Å²) in [5.74, 6) is -3.36. The molecule has 1 amide bonds. The number of nitrogens with one attached hydrogen (secondary N) is 2. The number of hydrogen-bond acceptors (Lipinski definition) is 9. The fraction of sp³-hybridized carbons (Fsp3) is 0.348. The van der Waals surface area contributed by atoms with E-state index >= 15 is 0 Å². The zero-order valence-corrected chi connectivity index (χ0v) is 21.4. The number of carboxylic acids is 1. The van der Waals surface area contributed by atoms with E-state index < -0.39 is 51.9 Å². The molecule has 14 heteroatoms. The number of halogens is 1. The van der Waals surface area contributed by atoms with E-state index in [0.717, 1.165) is 24.0 Å². The number of nitrogens with zero attached hydrogens (tertiary/aromatic N) is 1. The number of carbonyl (C=O) groups excluding carboxylic acids is 3. The summed E-state index contributed by atoms with van der Waals surface area (Å²) in [6.07, 6.45) is 1.63. The van der Waals surface area contributed by atoms with Gasteiger partial charge in [0.15, 0.2) is 5.78 Å². The molecule has 0 aliphatic rings. The number of rotatable bonds is 15. The van der Waals surface area contributed by atoms with Crippen LogP contribution in [0.1, 0.15) is 35.2 Å². The van der Waals surface area contributed by atoms with Gasteiger partial charge in [-0.15, -0.1) is 11.8 Å². The third-order valence-corrected chi connectivity index (χ3v) is 7.32. The first-order valence-electron chi connectivity index (χ1n) is 10.9. The number of carboxylic acid groups (broad SMARTS) is 1. The highest BCUT2D eigenvalue weighted by molar-refractivity contribution is 7.99. The normalized spacial score (nSPS) is 11.9. The Morgan fingerprint density at radius 2 is 1.86 bits per heavy atom. The minimum Gasteiger partial charge on any atom is -0.481 e. The fourth-order valence-corrected chi connectivity index (χ4v) is 4.92. The Hall–Kier alpha value is -3.36. The Bertz CT molecular complexity index is 1220. The topological polar surface area (TPSA) is 169 Å². The van der Waals surface area contributed by atoms with Gasteiger partial charge in [0.2, 0.25) is 10.0 Å². The van der Waals surface area contributed by atoms with Crippen LogP contribution in [0.3, 0.4) is 0 Å². The average molecular weight is 556 g/mol. The van der Waals surface area contributed by atoms with E-state index in [4.69, 9.17) is 0 Å². The van der Waals surface area contributed by atoms with Crippen LogP contribution >= 0.6 is 11.8 Å². The maximum absolute atomic E-state index is 13.0. The quantitative estimate of drug-likeness (QED) is 0.216. The van der Waals surface area contributed by atoms with E-state index in [1.165, 1.54) is 31.0 Å². The molecular formula is C23H26FN3O8S2. The van der Waals surface area contributed by atoms with Crippen molar-refractivity contribution in [3.05, 3.63) is 59.7 Å². The predicted octanol–water partition coefficient (Wildman–Crippen LogP) is 1.53. The van der Waals surface area contributed by atoms with Crippen LogP contribution in [0.5, 0.6) is 0 Å². The van der Waals surface area contributed by atoms with Gasteiger partial charge in [-0.1, -0.05) is 12.1 Å². The molecule has 3 N–H and O–H groups in total. The Morgan fingerprint density at radius 3 is 2.51 bits per heavy atom. The molecule has 0 bridgehead atoms. The molecule has 1 atom stereocenters. The first-order chi connectivity index (χ1) is 17.5. The van der Waals surface area contributed by atoms with E-state index in [1.807, 2.05) is 0 Å². The average Bonchev–Trinajstić information content (AvgIpc) is 2.87. The SMILES string of the molecule is COC(=O)CCCNS(=O)(=O)c1cncc(C(=O)N[C@H](CC(=O)O)C(=O)CSCc2ccc(F)cc2)c1. The lowest BCUT2D eigenvalue weighted by molar-refractivity contribution is -0.141. The van der Waals surface area contributed by atoms with Crippen LogP contribution in [-0.2, 0) is 34.9 Å². The summed E-state index contributed by atoms with van der Waals surface area (Å²) in [7, 11) is -2.84. The lowest BCUT2D eigenvalue weighted by atomic mass is 10.1. The van der Waals surface area contributed by atoms with Crippen LogP contribution in [0.4, 0.5) is 4.39 Å². The number of aromatic nitrogens is 1. The number of ether oxygens (including phenoxy) is 1. The molecule has 0 spiro atoms. The van der Waals surface area contributed by atoms with Crippen LogP contribution < -0.4 is 10.0 Å². The standard InChI is InChI=1S/C23H26FN3O8S2/c1-35-22(31)3-2-8-26-37(33,34)18-9-16(11-25-12-18)23(32)27-19(10-21(29)30)20(28)14-36-13-15-4-6-17(24)7-5-15/h4-7,9,11-12,19,26H,2-3,8,10,13-14H2,1H3,(H,27,32)(H,29,30)/t19-/m1/s1. The first-order valence-corrected chi connectivity index (χ1v) is 13.5. The molecule has 0 saturated heterocycles. The van der Waals surface area contributed by atoms with Gasteiger partial charge in [0.05, 0.1) is 30.9 Å². The molecule has 0 radical (unpaired) electrons. The highest BCUT2D eigenvalue weighted by atomic mass is 32.2. The molecule has 0 unspecified atom stereocenters. The van der Waals surface area contributed by atoms with Gasteiger partial charge >= 0.3 is 11.9 Å². The summed E-state index contributed by atoms with van der Waals surface area (Å²) in [5.41, 5.74) is 0.570. The second-order valence-electron chi connectivity index (χ2n) is 7.70. The number of aliphatic carboxylic acids is 1. The number of amides is 1. The van der Waals surface area contributed by atoms with Crippen molar-refractivity contribution in [2.45, 2.75) is 36.0 Å². The van der Waals surface area contributed by atoms with Gasteiger partial charge in [-0.3, -0.25) is 24.2 Å². The van der Waals surface area contributed by atoms with Crippen molar-refractivity contribution in [1.29, 1.82) is 0 Å². The van der Waals surface area contributed by atoms with Crippen LogP contribution in [0, 0.1) is 5.82 Å². The summed E-state index contributed by atoms with van der Waals surface area (Å²) in [6, 6.07) is 5.37. The van der Waals surface area contributed by atoms with Crippen molar-refractivity contribution in [2.24, 2.45) is 0 Å². The number of ketones is 1. The number of Topliss-reactive ketones (excluding diaryl/α,β-unsaturated/α-hetero) is 1. The number of esters is 1. The predicted molar refractivity (Wildman–Crippen MR) is 132 cm³/mol. The summed E-state index contributed by atoms with van der Waals surface area (Å²) < 4.78 is 44.8. The molecule has 1 heterocycles. The summed E-state index contributed by atoms with van der Waals surface area (Å²) in [4.78, 5) is 51.2. The number of benzene rings is 1. The molecule has 0 fully saturated rings. The largest absolute Gasteiger partial charge is 0.481 e. The van der Waals surface area contributed by atoms with Gasteiger partial charge < -0.3 is 15.2 Å². The number of thioether (sulfide) groups is 1. The molecule has 1 aromatic carbocycles. The highest BCUT2D eigenvalue weighted by Gasteiger charge is 2.25. The highest BCUT2D eigenvalue weighted by Crippen LogP contribution is 2.15. The minimum atomic E-state index is -4.06. The summed E-state index contributed by atoms with van der Waals surface area (Å²) >= 11 is 1.17. The summed E-state index contributed by atoms with van der Waals surface area (Å²) in [5, 5.41) is 11.5. The molecular weight excluding hydrogens is 529 g/mol. The number of methoxy groups -OCH3 is 1. The number of hydrogen-bond donors (Lipinski definition) is 3. The maximum Gasteiger partial charge on any atom is 0.305 e. The monoisotopic (exact) mass is 555 g/mol. The molecule has 200 valence electrons. The number of pyridine rings is 1. The third kappa shape index (κ3) is 10.3. The number of carbonyl (C=O) groups is 4. The van der Waals surface area contributed by atoms with Crippen LogP contribution in [0.25, 0.3) is 0 Å². The lowest BCUT2D eigenvalue weighted by Crippen LogP contribution is -2.43. The molecule has 0 saturated carbocycles. The lowest BCUT2D eigenvalue weighted by Gasteiger charge is -2.16. The van der Waals surface area contributed by atoms with Crippen LogP contribution in [-0.4, -0.2) is 67.6 Å². The Balaban J connectivity index is 2.01. The second-order valence-corrected chi connectivity index (χ2v) is 10.4. The van der Waals surface area contributed by atoms with Crippen molar-refractivity contribution in [2.75, 3.05) is 19.4 Å². The molecule has 37 heavy (non-hydrogen) atoms. The van der Waals surface area contributed by atoms with Crippen molar-refractivity contribution >= 4 is 45.4 Å². The molecule has 0 aliphatic heterocycles. The fourth-order valence-electron chi connectivity index (χ4n) is 2.93. The third-order valence-electron chi connectivity index (χ3n) is 4.86. The molecule has 2 rings (SSSR count). The van der Waals surface area contributed by atoms with Gasteiger partial charge in [0.1, 0.15) is 10.7 Å². The minimum absolute atomic E-state index is 0.0148. The second kappa shape index (κ2) is 14.4.